The maximum Gasteiger partial charge on any atom is 0.226 e. The monoisotopic (exact) mass is 528 g/mol. The zero-order valence-corrected chi connectivity index (χ0v) is 19.1. The molecule has 0 saturated heterocycles. The molecule has 0 atom stereocenters. The first-order chi connectivity index (χ1) is 13.7. The van der Waals surface area contributed by atoms with Crippen molar-refractivity contribution in [1.82, 2.24) is 15.6 Å². The number of nitrogens with zero attached hydrogens (tertiary/aromatic N) is 2. The Bertz CT molecular complexity index is 930. The number of hydrogen-bond donors (Lipinski definition) is 2. The van der Waals surface area contributed by atoms with Crippen LogP contribution in [-0.2, 0) is 12.8 Å². The Morgan fingerprint density at radius 1 is 1.07 bits per heavy atom. The number of hydrogen-bond acceptors (Lipinski definition) is 3. The van der Waals surface area contributed by atoms with E-state index in [9.17, 15) is 4.39 Å². The molecule has 1 aromatic heterocycles. The minimum atomic E-state index is -0.284. The van der Waals surface area contributed by atoms with Crippen molar-refractivity contribution in [2.24, 2.45) is 4.99 Å². The van der Waals surface area contributed by atoms with E-state index in [0.29, 0.717) is 24.8 Å². The molecule has 0 aliphatic heterocycles. The molecule has 5 nitrogen and oxygen atoms in total. The summed E-state index contributed by atoms with van der Waals surface area (Å²) in [6.45, 7) is 1.38. The molecule has 0 fully saturated rings. The van der Waals surface area contributed by atoms with Gasteiger partial charge in [0.2, 0.25) is 5.89 Å². The highest BCUT2D eigenvalue weighted by molar-refractivity contribution is 14.0. The molecule has 0 aliphatic carbocycles. The lowest BCUT2D eigenvalue weighted by atomic mass is 10.1. The van der Waals surface area contributed by atoms with Gasteiger partial charge in [-0.3, -0.25) is 4.99 Å². The molecule has 0 radical (unpaired) electrons. The molecule has 2 aromatic carbocycles. The summed E-state index contributed by atoms with van der Waals surface area (Å²) in [5.41, 5.74) is 2.67. The largest absolute Gasteiger partial charge is 0.444 e. The molecule has 0 unspecified atom stereocenters. The topological polar surface area (TPSA) is 62.5 Å². The van der Waals surface area contributed by atoms with Crippen molar-refractivity contribution >= 4 is 41.5 Å². The van der Waals surface area contributed by atoms with Gasteiger partial charge >= 0.3 is 0 Å². The molecule has 3 rings (SSSR count). The van der Waals surface area contributed by atoms with Gasteiger partial charge < -0.3 is 15.1 Å². The normalized spacial score (nSPS) is 11.1. The number of aliphatic imine (C=N–C) groups is 1. The summed E-state index contributed by atoms with van der Waals surface area (Å²) in [7, 11) is 1.73. The van der Waals surface area contributed by atoms with Gasteiger partial charge in [-0.05, 0) is 42.3 Å². The predicted octanol–water partition coefficient (Wildman–Crippen LogP) is 4.70. The van der Waals surface area contributed by atoms with Crippen LogP contribution in [0.2, 0.25) is 5.02 Å². The molecule has 0 saturated carbocycles. The van der Waals surface area contributed by atoms with E-state index in [2.05, 4.69) is 20.6 Å². The summed E-state index contributed by atoms with van der Waals surface area (Å²) in [6, 6.07) is 13.9. The second-order valence-corrected chi connectivity index (χ2v) is 6.58. The van der Waals surface area contributed by atoms with Crippen molar-refractivity contribution in [3.05, 3.63) is 76.9 Å². The van der Waals surface area contributed by atoms with E-state index in [1.807, 2.05) is 24.3 Å². The van der Waals surface area contributed by atoms with E-state index in [0.717, 1.165) is 34.8 Å². The summed E-state index contributed by atoms with van der Waals surface area (Å²) in [5.74, 6) is 0.916. The van der Waals surface area contributed by atoms with Gasteiger partial charge in [-0.2, -0.15) is 0 Å². The van der Waals surface area contributed by atoms with Crippen LogP contribution in [0, 0.1) is 5.82 Å². The average molecular weight is 529 g/mol. The second kappa shape index (κ2) is 11.8. The summed E-state index contributed by atoms with van der Waals surface area (Å²) >= 11 is 6.17. The Morgan fingerprint density at radius 2 is 1.76 bits per heavy atom. The molecule has 154 valence electrons. The minimum absolute atomic E-state index is 0. The predicted molar refractivity (Wildman–Crippen MR) is 126 cm³/mol. The Labute approximate surface area is 191 Å². The van der Waals surface area contributed by atoms with Crippen LogP contribution in [0.4, 0.5) is 4.39 Å². The first-order valence-electron chi connectivity index (χ1n) is 9.04. The van der Waals surface area contributed by atoms with Gasteiger partial charge in [-0.25, -0.2) is 9.37 Å². The molecule has 8 heteroatoms. The van der Waals surface area contributed by atoms with Crippen molar-refractivity contribution in [3.63, 3.8) is 0 Å². The lowest BCUT2D eigenvalue weighted by Gasteiger charge is -2.11. The van der Waals surface area contributed by atoms with Crippen LogP contribution >= 0.6 is 35.6 Å². The summed E-state index contributed by atoms with van der Waals surface area (Å²) < 4.78 is 18.5. The van der Waals surface area contributed by atoms with Crippen LogP contribution in [0.1, 0.15) is 11.3 Å². The average Bonchev–Trinajstić information content (AvgIpc) is 3.17. The molecule has 3 aromatic rings. The molecular weight excluding hydrogens is 506 g/mol. The Kier molecular flexibility index (Phi) is 9.40. The Balaban J connectivity index is 0.00000300. The second-order valence-electron chi connectivity index (χ2n) is 6.17. The highest BCUT2D eigenvalue weighted by atomic mass is 127. The molecule has 1 heterocycles. The summed E-state index contributed by atoms with van der Waals surface area (Å²) in [4.78, 5) is 8.66. The van der Waals surface area contributed by atoms with Gasteiger partial charge in [-0.15, -0.1) is 24.0 Å². The number of halogens is 3. The standard InChI is InChI=1S/C21H22ClFN4O.HI/c1-24-21(25-12-10-15-4-2-3-5-19(15)22)26-13-11-18-14-28-20(27-18)16-6-8-17(23)9-7-16;/h2-9,14H,10-13H2,1H3,(H2,24,25,26);1H. The van der Waals surface area contributed by atoms with Crippen LogP contribution in [0.5, 0.6) is 0 Å². The third-order valence-electron chi connectivity index (χ3n) is 4.18. The van der Waals surface area contributed by atoms with Crippen molar-refractivity contribution in [3.8, 4) is 11.5 Å². The number of nitrogens with one attached hydrogen (secondary N) is 2. The minimum Gasteiger partial charge on any atom is -0.444 e. The summed E-state index contributed by atoms with van der Waals surface area (Å²) in [5, 5.41) is 7.29. The van der Waals surface area contributed by atoms with Crippen molar-refractivity contribution in [1.29, 1.82) is 0 Å². The number of oxazole rings is 1. The van der Waals surface area contributed by atoms with E-state index in [1.54, 1.807) is 25.4 Å². The summed E-state index contributed by atoms with van der Waals surface area (Å²) in [6.07, 6.45) is 3.11. The van der Waals surface area contributed by atoms with Gasteiger partial charge in [-0.1, -0.05) is 29.8 Å². The van der Waals surface area contributed by atoms with Crippen LogP contribution in [-0.4, -0.2) is 31.1 Å². The fraction of sp³-hybridized carbons (Fsp3) is 0.238. The first-order valence-corrected chi connectivity index (χ1v) is 9.42. The van der Waals surface area contributed by atoms with Crippen molar-refractivity contribution in [2.45, 2.75) is 12.8 Å². The van der Waals surface area contributed by atoms with Crippen LogP contribution < -0.4 is 10.6 Å². The number of guanidine groups is 1. The highest BCUT2D eigenvalue weighted by Crippen LogP contribution is 2.19. The SMILES string of the molecule is CN=C(NCCc1coc(-c2ccc(F)cc2)n1)NCCc1ccccc1Cl.I. The van der Waals surface area contributed by atoms with E-state index < -0.39 is 0 Å². The first kappa shape index (κ1) is 23.2. The van der Waals surface area contributed by atoms with Crippen LogP contribution in [0.3, 0.4) is 0 Å². The van der Waals surface area contributed by atoms with Crippen molar-refractivity contribution < 1.29 is 8.81 Å². The number of aromatic nitrogens is 1. The number of rotatable bonds is 7. The lowest BCUT2D eigenvalue weighted by molar-refractivity contribution is 0.571. The molecule has 0 bridgehead atoms. The molecule has 29 heavy (non-hydrogen) atoms. The highest BCUT2D eigenvalue weighted by Gasteiger charge is 2.07. The van der Waals surface area contributed by atoms with Crippen LogP contribution in [0.25, 0.3) is 11.5 Å². The number of benzene rings is 2. The zero-order valence-electron chi connectivity index (χ0n) is 16.0. The Hall–Kier alpha value is -2.13. The van der Waals surface area contributed by atoms with Gasteiger partial charge in [0.15, 0.2) is 5.96 Å². The molecule has 0 spiro atoms. The quantitative estimate of drug-likeness (QED) is 0.265. The van der Waals surface area contributed by atoms with E-state index >= 15 is 0 Å². The smallest absolute Gasteiger partial charge is 0.226 e. The third kappa shape index (κ3) is 7.01. The lowest BCUT2D eigenvalue weighted by Crippen LogP contribution is -2.39. The van der Waals surface area contributed by atoms with Gasteiger partial charge in [0.1, 0.15) is 12.1 Å². The molecule has 2 N–H and O–H groups in total. The molecule has 0 aliphatic rings. The molecular formula is C21H23ClFIN4O. The Morgan fingerprint density at radius 3 is 2.45 bits per heavy atom. The van der Waals surface area contributed by atoms with Gasteiger partial charge in [0.05, 0.1) is 5.69 Å². The zero-order chi connectivity index (χ0) is 19.8. The van der Waals surface area contributed by atoms with Gasteiger partial charge in [0.25, 0.3) is 0 Å². The van der Waals surface area contributed by atoms with Crippen molar-refractivity contribution in [2.75, 3.05) is 20.1 Å². The molecule has 0 amide bonds. The maximum atomic E-state index is 13.0. The van der Waals surface area contributed by atoms with E-state index in [4.69, 9.17) is 16.0 Å². The maximum absolute atomic E-state index is 13.0. The van der Waals surface area contributed by atoms with Crippen LogP contribution in [0.15, 0.2) is 64.2 Å². The van der Waals surface area contributed by atoms with Gasteiger partial charge in [0, 0.05) is 37.1 Å². The third-order valence-corrected chi connectivity index (χ3v) is 4.55. The van der Waals surface area contributed by atoms with E-state index in [1.165, 1.54) is 12.1 Å². The fourth-order valence-electron chi connectivity index (χ4n) is 2.69. The van der Waals surface area contributed by atoms with E-state index in [-0.39, 0.29) is 29.8 Å². The fourth-order valence-corrected chi connectivity index (χ4v) is 2.92.